The van der Waals surface area contributed by atoms with Crippen LogP contribution < -0.4 is 10.2 Å². The average Bonchev–Trinajstić information content (AvgIpc) is 3.15. The molecule has 1 fully saturated rings. The molecule has 25 heavy (non-hydrogen) atoms. The van der Waals surface area contributed by atoms with Crippen LogP contribution in [0.25, 0.3) is 0 Å². The highest BCUT2D eigenvalue weighted by atomic mass is 16.6. The average molecular weight is 339 g/mol. The van der Waals surface area contributed by atoms with E-state index in [0.29, 0.717) is 12.1 Å². The highest BCUT2D eigenvalue weighted by Gasteiger charge is 2.15. The quantitative estimate of drug-likeness (QED) is 0.648. The molecule has 0 spiro atoms. The molecule has 0 aromatic heterocycles. The van der Waals surface area contributed by atoms with Crippen molar-refractivity contribution in [2.45, 2.75) is 25.8 Å². The lowest BCUT2D eigenvalue weighted by Crippen LogP contribution is -2.25. The lowest BCUT2D eigenvalue weighted by Gasteiger charge is -2.17. The van der Waals surface area contributed by atoms with E-state index in [9.17, 15) is 14.9 Å². The van der Waals surface area contributed by atoms with Crippen LogP contribution >= 0.6 is 0 Å². The van der Waals surface area contributed by atoms with Crippen molar-refractivity contribution in [1.29, 1.82) is 0 Å². The van der Waals surface area contributed by atoms with Crippen LogP contribution in [0.15, 0.2) is 48.5 Å². The lowest BCUT2D eigenvalue weighted by atomic mass is 10.1. The number of nitro benzene ring substituents is 1. The first-order valence-electron chi connectivity index (χ1n) is 8.46. The Morgan fingerprint density at radius 3 is 2.44 bits per heavy atom. The Balaban J connectivity index is 1.55. The zero-order valence-corrected chi connectivity index (χ0v) is 14.0. The molecule has 1 aliphatic rings. The fraction of sp³-hybridized carbons (Fsp3) is 0.316. The molecule has 2 aromatic rings. The number of hydrogen-bond donors (Lipinski definition) is 1. The van der Waals surface area contributed by atoms with E-state index in [1.165, 1.54) is 24.6 Å². The molecule has 0 bridgehead atoms. The minimum atomic E-state index is -0.459. The van der Waals surface area contributed by atoms with Gasteiger partial charge in [0, 0.05) is 37.0 Å². The van der Waals surface area contributed by atoms with Crippen LogP contribution in [0.4, 0.5) is 11.4 Å². The Bertz CT molecular complexity index is 753. The van der Waals surface area contributed by atoms with Crippen molar-refractivity contribution in [3.8, 4) is 0 Å². The largest absolute Gasteiger partial charge is 0.372 e. The number of benzene rings is 2. The van der Waals surface area contributed by atoms with E-state index in [0.717, 1.165) is 18.7 Å². The molecular formula is C19H21N3O3. The molecule has 1 N–H and O–H groups in total. The van der Waals surface area contributed by atoms with E-state index in [1.54, 1.807) is 18.2 Å². The number of amides is 1. The standard InChI is InChI=1S/C19H21N3O3/c23-19(13-16-5-1-2-6-18(16)22(24)25)20-14-15-7-9-17(10-8-15)21-11-3-4-12-21/h1-2,5-10H,3-4,11-14H2,(H,20,23). The number of carbonyl (C=O) groups is 1. The highest BCUT2D eigenvalue weighted by molar-refractivity contribution is 5.79. The molecule has 1 amide bonds. The molecule has 1 heterocycles. The number of carbonyl (C=O) groups excluding carboxylic acids is 1. The Labute approximate surface area is 146 Å². The molecule has 3 rings (SSSR count). The molecule has 1 saturated heterocycles. The van der Waals surface area contributed by atoms with Crippen LogP contribution in [0.1, 0.15) is 24.0 Å². The number of para-hydroxylation sites is 1. The van der Waals surface area contributed by atoms with E-state index in [2.05, 4.69) is 22.3 Å². The summed E-state index contributed by atoms with van der Waals surface area (Å²) < 4.78 is 0. The van der Waals surface area contributed by atoms with Gasteiger partial charge in [-0.1, -0.05) is 30.3 Å². The Kier molecular flexibility index (Phi) is 5.28. The number of nitro groups is 1. The predicted octanol–water partition coefficient (Wildman–Crippen LogP) is 3.05. The van der Waals surface area contributed by atoms with Gasteiger partial charge in [-0.2, -0.15) is 0 Å². The van der Waals surface area contributed by atoms with Crippen LogP contribution in [-0.2, 0) is 17.8 Å². The summed E-state index contributed by atoms with van der Waals surface area (Å²) in [6.07, 6.45) is 2.48. The molecule has 0 radical (unpaired) electrons. The minimum Gasteiger partial charge on any atom is -0.372 e. The summed E-state index contributed by atoms with van der Waals surface area (Å²) in [7, 11) is 0. The maximum atomic E-state index is 12.1. The normalized spacial score (nSPS) is 13.7. The second-order valence-electron chi connectivity index (χ2n) is 6.20. The molecule has 0 atom stereocenters. The van der Waals surface area contributed by atoms with Gasteiger partial charge in [0.2, 0.25) is 5.91 Å². The predicted molar refractivity (Wildman–Crippen MR) is 96.5 cm³/mol. The third kappa shape index (κ3) is 4.35. The number of nitrogens with zero attached hydrogens (tertiary/aromatic N) is 2. The van der Waals surface area contributed by atoms with Gasteiger partial charge in [0.15, 0.2) is 0 Å². The topological polar surface area (TPSA) is 75.5 Å². The molecule has 0 aliphatic carbocycles. The second-order valence-corrected chi connectivity index (χ2v) is 6.20. The van der Waals surface area contributed by atoms with Gasteiger partial charge >= 0.3 is 0 Å². The van der Waals surface area contributed by atoms with E-state index in [1.807, 2.05) is 12.1 Å². The van der Waals surface area contributed by atoms with Crippen molar-refractivity contribution in [2.75, 3.05) is 18.0 Å². The van der Waals surface area contributed by atoms with E-state index in [-0.39, 0.29) is 18.0 Å². The first kappa shape index (κ1) is 17.0. The Morgan fingerprint density at radius 1 is 1.08 bits per heavy atom. The SMILES string of the molecule is O=C(Cc1ccccc1[N+](=O)[O-])NCc1ccc(N2CCCC2)cc1. The van der Waals surface area contributed by atoms with Crippen LogP contribution in [-0.4, -0.2) is 23.9 Å². The van der Waals surface area contributed by atoms with Crippen LogP contribution in [0.2, 0.25) is 0 Å². The second kappa shape index (κ2) is 7.79. The maximum Gasteiger partial charge on any atom is 0.273 e. The molecule has 1 aliphatic heterocycles. The smallest absolute Gasteiger partial charge is 0.273 e. The van der Waals surface area contributed by atoms with Gasteiger partial charge in [0.25, 0.3) is 5.69 Å². The van der Waals surface area contributed by atoms with Gasteiger partial charge in [-0.05, 0) is 30.5 Å². The zero-order chi connectivity index (χ0) is 17.6. The zero-order valence-electron chi connectivity index (χ0n) is 14.0. The summed E-state index contributed by atoms with van der Waals surface area (Å²) >= 11 is 0. The number of hydrogen-bond acceptors (Lipinski definition) is 4. The molecular weight excluding hydrogens is 318 g/mol. The van der Waals surface area contributed by atoms with Crippen molar-refractivity contribution >= 4 is 17.3 Å². The van der Waals surface area contributed by atoms with Gasteiger partial charge < -0.3 is 10.2 Å². The summed E-state index contributed by atoms with van der Waals surface area (Å²) in [4.78, 5) is 25.0. The van der Waals surface area contributed by atoms with Gasteiger partial charge in [0.05, 0.1) is 11.3 Å². The third-order valence-electron chi connectivity index (χ3n) is 4.44. The fourth-order valence-corrected chi connectivity index (χ4v) is 3.07. The molecule has 6 nitrogen and oxygen atoms in total. The summed E-state index contributed by atoms with van der Waals surface area (Å²) in [6.45, 7) is 2.62. The molecule has 130 valence electrons. The van der Waals surface area contributed by atoms with E-state index in [4.69, 9.17) is 0 Å². The lowest BCUT2D eigenvalue weighted by molar-refractivity contribution is -0.385. The van der Waals surface area contributed by atoms with E-state index < -0.39 is 4.92 Å². The summed E-state index contributed by atoms with van der Waals surface area (Å²) in [6, 6.07) is 14.5. The first-order valence-corrected chi connectivity index (χ1v) is 8.46. The van der Waals surface area contributed by atoms with Crippen molar-refractivity contribution in [3.63, 3.8) is 0 Å². The molecule has 0 unspecified atom stereocenters. The van der Waals surface area contributed by atoms with E-state index >= 15 is 0 Å². The number of rotatable bonds is 6. The summed E-state index contributed by atoms with van der Waals surface area (Å²) in [5.41, 5.74) is 2.63. The molecule has 6 heteroatoms. The Morgan fingerprint density at radius 2 is 1.76 bits per heavy atom. The van der Waals surface area contributed by atoms with Gasteiger partial charge in [-0.25, -0.2) is 0 Å². The monoisotopic (exact) mass is 339 g/mol. The van der Waals surface area contributed by atoms with Crippen molar-refractivity contribution < 1.29 is 9.72 Å². The van der Waals surface area contributed by atoms with Gasteiger partial charge in [-0.3, -0.25) is 14.9 Å². The van der Waals surface area contributed by atoms with Gasteiger partial charge in [-0.15, -0.1) is 0 Å². The maximum absolute atomic E-state index is 12.1. The van der Waals surface area contributed by atoms with Gasteiger partial charge in [0.1, 0.15) is 0 Å². The Hall–Kier alpha value is -2.89. The van der Waals surface area contributed by atoms with Crippen LogP contribution in [0, 0.1) is 10.1 Å². The highest BCUT2D eigenvalue weighted by Crippen LogP contribution is 2.21. The summed E-state index contributed by atoms with van der Waals surface area (Å²) in [5.74, 6) is -0.224. The van der Waals surface area contributed by atoms with Crippen molar-refractivity contribution in [1.82, 2.24) is 5.32 Å². The number of anilines is 1. The number of nitrogens with one attached hydrogen (secondary N) is 1. The third-order valence-corrected chi connectivity index (χ3v) is 4.44. The van der Waals surface area contributed by atoms with Crippen molar-refractivity contribution in [3.05, 3.63) is 69.8 Å². The molecule has 2 aromatic carbocycles. The molecule has 0 saturated carbocycles. The van der Waals surface area contributed by atoms with Crippen molar-refractivity contribution in [2.24, 2.45) is 0 Å². The first-order chi connectivity index (χ1) is 12.1. The fourth-order valence-electron chi connectivity index (χ4n) is 3.07. The minimum absolute atomic E-state index is 0.00299. The summed E-state index contributed by atoms with van der Waals surface area (Å²) in [5, 5.41) is 13.8. The van der Waals surface area contributed by atoms with Crippen LogP contribution in [0.3, 0.4) is 0 Å². The van der Waals surface area contributed by atoms with Crippen LogP contribution in [0.5, 0.6) is 0 Å².